The van der Waals surface area contributed by atoms with Crippen molar-refractivity contribution in [2.75, 3.05) is 59.8 Å². The first-order valence-corrected chi connectivity index (χ1v) is 8.21. The molecule has 22 heavy (non-hydrogen) atoms. The van der Waals surface area contributed by atoms with E-state index in [2.05, 4.69) is 28.6 Å². The van der Waals surface area contributed by atoms with Crippen LogP contribution in [0.4, 0.5) is 0 Å². The molecule has 1 heterocycles. The molecule has 0 atom stereocenters. The Hall–Kier alpha value is -1.11. The van der Waals surface area contributed by atoms with Crippen LogP contribution in [0.5, 0.6) is 0 Å². The summed E-state index contributed by atoms with van der Waals surface area (Å²) >= 11 is 0. The predicted molar refractivity (Wildman–Crippen MR) is 89.4 cm³/mol. The van der Waals surface area contributed by atoms with E-state index in [0.29, 0.717) is 13.2 Å². The molecule has 128 valence electrons. The van der Waals surface area contributed by atoms with E-state index in [9.17, 15) is 0 Å². The number of hydrogen-bond acceptors (Lipinski definition) is 4. The molecule has 1 aliphatic rings. The molecule has 0 saturated carbocycles. The predicted octanol–water partition coefficient (Wildman–Crippen LogP) is 1.33. The van der Waals surface area contributed by atoms with Gasteiger partial charge in [0.15, 0.2) is 5.96 Å². The summed E-state index contributed by atoms with van der Waals surface area (Å²) in [7, 11) is 1.68. The normalized spacial score (nSPS) is 15.5. The van der Waals surface area contributed by atoms with E-state index < -0.39 is 0 Å². The van der Waals surface area contributed by atoms with Gasteiger partial charge >= 0.3 is 0 Å². The third-order valence-corrected chi connectivity index (χ3v) is 3.29. The van der Waals surface area contributed by atoms with Crippen LogP contribution in [-0.4, -0.2) is 65.7 Å². The molecule has 0 aliphatic carbocycles. The van der Waals surface area contributed by atoms with E-state index in [1.54, 1.807) is 7.11 Å². The first-order chi connectivity index (χ1) is 10.9. The van der Waals surface area contributed by atoms with Crippen LogP contribution < -0.4 is 10.6 Å². The molecule has 0 aromatic carbocycles. The van der Waals surface area contributed by atoms with Crippen LogP contribution in [0.3, 0.4) is 0 Å². The van der Waals surface area contributed by atoms with Crippen LogP contribution in [0.15, 0.2) is 16.6 Å². The fourth-order valence-corrected chi connectivity index (χ4v) is 2.08. The van der Waals surface area contributed by atoms with Crippen LogP contribution in [0.25, 0.3) is 0 Å². The summed E-state index contributed by atoms with van der Waals surface area (Å²) < 4.78 is 15.7. The first-order valence-electron chi connectivity index (χ1n) is 8.21. The number of nitrogens with one attached hydrogen (secondary N) is 2. The van der Waals surface area contributed by atoms with E-state index in [1.165, 1.54) is 5.57 Å². The topological polar surface area (TPSA) is 64.1 Å². The maximum absolute atomic E-state index is 5.42. The Labute approximate surface area is 134 Å². The van der Waals surface area contributed by atoms with Gasteiger partial charge in [-0.05, 0) is 26.2 Å². The second-order valence-corrected chi connectivity index (χ2v) is 5.08. The zero-order valence-electron chi connectivity index (χ0n) is 14.0. The summed E-state index contributed by atoms with van der Waals surface area (Å²) in [5, 5.41) is 6.64. The van der Waals surface area contributed by atoms with Crippen molar-refractivity contribution in [3.63, 3.8) is 0 Å². The standard InChI is InChI=1S/C16H31N3O3/c1-3-17-16(18-8-4-10-21-14-13-20-2)19-9-5-15-6-11-22-12-7-15/h6H,3-5,7-14H2,1-2H3,(H2,17,18,19). The van der Waals surface area contributed by atoms with Crippen molar-refractivity contribution < 1.29 is 14.2 Å². The maximum Gasteiger partial charge on any atom is 0.191 e. The third-order valence-electron chi connectivity index (χ3n) is 3.29. The number of guanidine groups is 1. The highest BCUT2D eigenvalue weighted by atomic mass is 16.5. The van der Waals surface area contributed by atoms with Crippen LogP contribution in [0, 0.1) is 0 Å². The average Bonchev–Trinajstić information content (AvgIpc) is 2.55. The van der Waals surface area contributed by atoms with Crippen molar-refractivity contribution >= 4 is 5.96 Å². The van der Waals surface area contributed by atoms with E-state index in [4.69, 9.17) is 14.2 Å². The van der Waals surface area contributed by atoms with Crippen LogP contribution in [0.2, 0.25) is 0 Å². The Kier molecular flexibility index (Phi) is 11.7. The van der Waals surface area contributed by atoms with Gasteiger partial charge in [-0.1, -0.05) is 11.6 Å². The second kappa shape index (κ2) is 13.5. The lowest BCUT2D eigenvalue weighted by molar-refractivity contribution is 0.0702. The molecular weight excluding hydrogens is 282 g/mol. The molecule has 0 radical (unpaired) electrons. The Morgan fingerprint density at radius 2 is 2.23 bits per heavy atom. The summed E-state index contributed by atoms with van der Waals surface area (Å²) in [6.45, 7) is 8.24. The van der Waals surface area contributed by atoms with Gasteiger partial charge in [-0.3, -0.25) is 4.99 Å². The molecule has 1 aliphatic heterocycles. The molecule has 1 rings (SSSR count). The smallest absolute Gasteiger partial charge is 0.191 e. The lowest BCUT2D eigenvalue weighted by Crippen LogP contribution is -2.38. The summed E-state index contributed by atoms with van der Waals surface area (Å²) in [5.74, 6) is 0.882. The molecule has 6 nitrogen and oxygen atoms in total. The van der Waals surface area contributed by atoms with E-state index in [1.807, 2.05) is 0 Å². The Morgan fingerprint density at radius 3 is 2.95 bits per heavy atom. The minimum Gasteiger partial charge on any atom is -0.382 e. The van der Waals surface area contributed by atoms with Gasteiger partial charge in [0.25, 0.3) is 0 Å². The van der Waals surface area contributed by atoms with Crippen LogP contribution >= 0.6 is 0 Å². The molecular formula is C16H31N3O3. The second-order valence-electron chi connectivity index (χ2n) is 5.08. The van der Waals surface area contributed by atoms with Gasteiger partial charge < -0.3 is 24.8 Å². The SMILES string of the molecule is CCNC(=NCCCOCCOC)NCCC1=CCOCC1. The lowest BCUT2D eigenvalue weighted by Gasteiger charge is -2.15. The van der Waals surface area contributed by atoms with Crippen molar-refractivity contribution in [2.24, 2.45) is 4.99 Å². The van der Waals surface area contributed by atoms with Crippen LogP contribution in [-0.2, 0) is 14.2 Å². The summed E-state index contributed by atoms with van der Waals surface area (Å²) in [6, 6.07) is 0. The van der Waals surface area contributed by atoms with Crippen molar-refractivity contribution in [1.82, 2.24) is 10.6 Å². The number of nitrogens with zero attached hydrogens (tertiary/aromatic N) is 1. The molecule has 0 aromatic rings. The summed E-state index contributed by atoms with van der Waals surface area (Å²) in [6.07, 6.45) is 5.21. The van der Waals surface area contributed by atoms with Gasteiger partial charge in [-0.25, -0.2) is 0 Å². The molecule has 0 unspecified atom stereocenters. The summed E-state index contributed by atoms with van der Waals surface area (Å²) in [5.41, 5.74) is 1.47. The number of aliphatic imine (C=N–C) groups is 1. The summed E-state index contributed by atoms with van der Waals surface area (Å²) in [4.78, 5) is 4.55. The average molecular weight is 313 g/mol. The van der Waals surface area contributed by atoms with Crippen molar-refractivity contribution in [1.29, 1.82) is 0 Å². The van der Waals surface area contributed by atoms with E-state index in [-0.39, 0.29) is 0 Å². The molecule has 0 spiro atoms. The Bertz CT molecular complexity index is 333. The fraction of sp³-hybridized carbons (Fsp3) is 0.812. The zero-order chi connectivity index (χ0) is 15.9. The molecule has 0 saturated heterocycles. The van der Waals surface area contributed by atoms with E-state index >= 15 is 0 Å². The minimum absolute atomic E-state index is 0.647. The molecule has 0 bridgehead atoms. The van der Waals surface area contributed by atoms with Crippen LogP contribution in [0.1, 0.15) is 26.2 Å². The Balaban J connectivity index is 2.13. The highest BCUT2D eigenvalue weighted by molar-refractivity contribution is 5.79. The quantitative estimate of drug-likeness (QED) is 0.261. The van der Waals surface area contributed by atoms with Crippen molar-refractivity contribution in [2.45, 2.75) is 26.2 Å². The lowest BCUT2D eigenvalue weighted by atomic mass is 10.1. The van der Waals surface area contributed by atoms with Gasteiger partial charge in [0.1, 0.15) is 0 Å². The number of methoxy groups -OCH3 is 1. The Morgan fingerprint density at radius 1 is 1.32 bits per heavy atom. The highest BCUT2D eigenvalue weighted by Gasteiger charge is 2.04. The largest absolute Gasteiger partial charge is 0.382 e. The highest BCUT2D eigenvalue weighted by Crippen LogP contribution is 2.10. The number of hydrogen-bond donors (Lipinski definition) is 2. The zero-order valence-corrected chi connectivity index (χ0v) is 14.0. The van der Waals surface area contributed by atoms with Crippen molar-refractivity contribution in [3.8, 4) is 0 Å². The minimum atomic E-state index is 0.647. The third kappa shape index (κ3) is 9.76. The van der Waals surface area contributed by atoms with Gasteiger partial charge in [0, 0.05) is 33.4 Å². The first kappa shape index (κ1) is 18.9. The van der Waals surface area contributed by atoms with Crippen molar-refractivity contribution in [3.05, 3.63) is 11.6 Å². The maximum atomic E-state index is 5.42. The fourth-order valence-electron chi connectivity index (χ4n) is 2.08. The molecule has 6 heteroatoms. The molecule has 2 N–H and O–H groups in total. The van der Waals surface area contributed by atoms with E-state index in [0.717, 1.165) is 64.7 Å². The van der Waals surface area contributed by atoms with Gasteiger partial charge in [-0.2, -0.15) is 0 Å². The number of ether oxygens (including phenoxy) is 3. The number of rotatable bonds is 11. The molecule has 0 amide bonds. The van der Waals surface area contributed by atoms with Gasteiger partial charge in [0.2, 0.25) is 0 Å². The monoisotopic (exact) mass is 313 g/mol. The van der Waals surface area contributed by atoms with Gasteiger partial charge in [0.05, 0.1) is 26.4 Å². The molecule has 0 fully saturated rings. The molecule has 0 aromatic heterocycles. The van der Waals surface area contributed by atoms with Gasteiger partial charge in [-0.15, -0.1) is 0 Å².